The molecule has 0 aliphatic carbocycles. The molecule has 3 nitrogen and oxygen atoms in total. The molecule has 0 aliphatic rings. The van der Waals surface area contributed by atoms with Crippen LogP contribution in [0.2, 0.25) is 0 Å². The van der Waals surface area contributed by atoms with Crippen molar-refractivity contribution in [2.75, 3.05) is 5.73 Å². The quantitative estimate of drug-likeness (QED) is 0.736. The van der Waals surface area contributed by atoms with Crippen molar-refractivity contribution in [3.8, 4) is 17.0 Å². The van der Waals surface area contributed by atoms with Gasteiger partial charge in [0.05, 0.1) is 5.69 Å². The molecule has 0 radical (unpaired) electrons. The van der Waals surface area contributed by atoms with E-state index >= 15 is 0 Å². The fourth-order valence-corrected chi connectivity index (χ4v) is 2.60. The largest absolute Gasteiger partial charge is 0.486 e. The summed E-state index contributed by atoms with van der Waals surface area (Å²) >= 11 is 1.58. The number of nitrogens with two attached hydrogens (primary N) is 1. The number of nitrogen functional groups attached to an aromatic ring is 1. The van der Waals surface area contributed by atoms with Crippen LogP contribution in [0.3, 0.4) is 0 Å². The average Bonchev–Trinajstić information content (AvgIpc) is 2.95. The number of anilines is 1. The molecule has 0 aliphatic heterocycles. The average molecular weight is 282 g/mol. The zero-order chi connectivity index (χ0) is 13.8. The van der Waals surface area contributed by atoms with E-state index in [1.807, 2.05) is 60.0 Å². The highest BCUT2D eigenvalue weighted by Gasteiger charge is 2.07. The topological polar surface area (TPSA) is 48.1 Å². The molecule has 1 heterocycles. The van der Waals surface area contributed by atoms with E-state index in [9.17, 15) is 0 Å². The Labute approximate surface area is 121 Å². The summed E-state index contributed by atoms with van der Waals surface area (Å²) in [5.41, 5.74) is 8.57. The molecule has 0 atom stereocenters. The van der Waals surface area contributed by atoms with Gasteiger partial charge in [0.2, 0.25) is 0 Å². The van der Waals surface area contributed by atoms with Crippen LogP contribution in [-0.4, -0.2) is 4.98 Å². The minimum atomic E-state index is 0.474. The highest BCUT2D eigenvalue weighted by Crippen LogP contribution is 2.27. The normalized spacial score (nSPS) is 10.4. The number of nitrogens with zero attached hydrogens (tertiary/aromatic N) is 1. The van der Waals surface area contributed by atoms with E-state index < -0.39 is 0 Å². The summed E-state index contributed by atoms with van der Waals surface area (Å²) in [6.07, 6.45) is 0. The van der Waals surface area contributed by atoms with E-state index in [0.717, 1.165) is 27.7 Å². The zero-order valence-corrected chi connectivity index (χ0v) is 11.6. The predicted molar refractivity (Wildman–Crippen MR) is 82.7 cm³/mol. The van der Waals surface area contributed by atoms with Gasteiger partial charge in [-0.1, -0.05) is 36.4 Å². The molecule has 0 saturated carbocycles. The molecule has 1 aromatic heterocycles. The van der Waals surface area contributed by atoms with Crippen LogP contribution in [0.4, 0.5) is 5.69 Å². The van der Waals surface area contributed by atoms with Crippen molar-refractivity contribution in [3.05, 3.63) is 65.0 Å². The Morgan fingerprint density at radius 2 is 1.75 bits per heavy atom. The number of hydrogen-bond acceptors (Lipinski definition) is 4. The van der Waals surface area contributed by atoms with Gasteiger partial charge < -0.3 is 10.5 Å². The van der Waals surface area contributed by atoms with Crippen molar-refractivity contribution in [3.63, 3.8) is 0 Å². The van der Waals surface area contributed by atoms with Crippen molar-refractivity contribution in [2.24, 2.45) is 0 Å². The summed E-state index contributed by atoms with van der Waals surface area (Å²) in [6.45, 7) is 0.474. The van der Waals surface area contributed by atoms with Crippen molar-refractivity contribution < 1.29 is 4.74 Å². The Bertz CT molecular complexity index is 694. The minimum Gasteiger partial charge on any atom is -0.486 e. The highest BCUT2D eigenvalue weighted by atomic mass is 32.1. The maximum atomic E-state index is 5.96. The van der Waals surface area contributed by atoms with Gasteiger partial charge in [0.1, 0.15) is 17.4 Å². The number of ether oxygens (including phenoxy) is 1. The van der Waals surface area contributed by atoms with E-state index in [0.29, 0.717) is 6.61 Å². The van der Waals surface area contributed by atoms with Gasteiger partial charge in [-0.2, -0.15) is 0 Å². The van der Waals surface area contributed by atoms with Crippen molar-refractivity contribution >= 4 is 17.0 Å². The van der Waals surface area contributed by atoms with Gasteiger partial charge in [-0.05, 0) is 18.2 Å². The molecule has 0 unspecified atom stereocenters. The maximum absolute atomic E-state index is 5.96. The highest BCUT2D eigenvalue weighted by molar-refractivity contribution is 7.09. The van der Waals surface area contributed by atoms with E-state index in [-0.39, 0.29) is 0 Å². The van der Waals surface area contributed by atoms with Gasteiger partial charge in [-0.15, -0.1) is 11.3 Å². The fourth-order valence-electron chi connectivity index (χ4n) is 1.89. The van der Waals surface area contributed by atoms with E-state index in [1.165, 1.54) is 0 Å². The molecule has 0 saturated heterocycles. The summed E-state index contributed by atoms with van der Waals surface area (Å²) in [5, 5.41) is 2.95. The van der Waals surface area contributed by atoms with Crippen molar-refractivity contribution in [1.82, 2.24) is 4.98 Å². The van der Waals surface area contributed by atoms with Crippen LogP contribution >= 0.6 is 11.3 Å². The number of hydrogen-bond donors (Lipinski definition) is 1. The molecule has 100 valence electrons. The molecule has 4 heteroatoms. The molecule has 0 spiro atoms. The SMILES string of the molecule is Nc1ccccc1-c1csc(COc2ccccc2)n1. The molecule has 2 N–H and O–H groups in total. The molecule has 0 fully saturated rings. The maximum Gasteiger partial charge on any atom is 0.140 e. The zero-order valence-electron chi connectivity index (χ0n) is 10.8. The van der Waals surface area contributed by atoms with Gasteiger partial charge in [-0.25, -0.2) is 4.98 Å². The standard InChI is InChI=1S/C16H14N2OS/c17-14-9-5-4-8-13(14)15-11-20-16(18-15)10-19-12-6-2-1-3-7-12/h1-9,11H,10,17H2. The Balaban J connectivity index is 1.73. The first-order chi connectivity index (χ1) is 9.83. The van der Waals surface area contributed by atoms with Gasteiger partial charge in [0.25, 0.3) is 0 Å². The van der Waals surface area contributed by atoms with Crippen LogP contribution in [0.5, 0.6) is 5.75 Å². The summed E-state index contributed by atoms with van der Waals surface area (Å²) < 4.78 is 5.69. The predicted octanol–water partition coefficient (Wildman–Crippen LogP) is 3.97. The second-order valence-electron chi connectivity index (χ2n) is 4.32. The molecule has 0 bridgehead atoms. The summed E-state index contributed by atoms with van der Waals surface area (Å²) in [4.78, 5) is 4.57. The van der Waals surface area contributed by atoms with Gasteiger partial charge in [-0.3, -0.25) is 0 Å². The van der Waals surface area contributed by atoms with E-state index in [2.05, 4.69) is 4.98 Å². The van der Waals surface area contributed by atoms with Crippen LogP contribution < -0.4 is 10.5 Å². The van der Waals surface area contributed by atoms with E-state index in [4.69, 9.17) is 10.5 Å². The monoisotopic (exact) mass is 282 g/mol. The van der Waals surface area contributed by atoms with Gasteiger partial charge in [0, 0.05) is 16.6 Å². The third-order valence-electron chi connectivity index (χ3n) is 2.89. The second kappa shape index (κ2) is 5.75. The van der Waals surface area contributed by atoms with E-state index in [1.54, 1.807) is 11.3 Å². The molecular weight excluding hydrogens is 268 g/mol. The lowest BCUT2D eigenvalue weighted by atomic mass is 10.1. The first-order valence-electron chi connectivity index (χ1n) is 6.30. The molecule has 3 aromatic rings. The van der Waals surface area contributed by atoms with Crippen LogP contribution in [-0.2, 0) is 6.61 Å². The molecular formula is C16H14N2OS. The van der Waals surface area contributed by atoms with Crippen LogP contribution in [0.1, 0.15) is 5.01 Å². The Morgan fingerprint density at radius 1 is 1.00 bits per heavy atom. The van der Waals surface area contributed by atoms with Crippen LogP contribution in [0.25, 0.3) is 11.3 Å². The first-order valence-corrected chi connectivity index (χ1v) is 7.18. The third kappa shape index (κ3) is 2.81. The molecule has 20 heavy (non-hydrogen) atoms. The number of rotatable bonds is 4. The molecule has 0 amide bonds. The second-order valence-corrected chi connectivity index (χ2v) is 5.26. The fraction of sp³-hybridized carbons (Fsp3) is 0.0625. The number of para-hydroxylation sites is 2. The minimum absolute atomic E-state index is 0.474. The van der Waals surface area contributed by atoms with Gasteiger partial charge >= 0.3 is 0 Å². The number of aromatic nitrogens is 1. The number of thiazole rings is 1. The van der Waals surface area contributed by atoms with Crippen molar-refractivity contribution in [1.29, 1.82) is 0 Å². The Morgan fingerprint density at radius 3 is 2.55 bits per heavy atom. The lowest BCUT2D eigenvalue weighted by molar-refractivity contribution is 0.305. The molecule has 2 aromatic carbocycles. The molecule has 3 rings (SSSR count). The summed E-state index contributed by atoms with van der Waals surface area (Å²) in [5.74, 6) is 0.850. The Hall–Kier alpha value is -2.33. The first kappa shape index (κ1) is 12.7. The van der Waals surface area contributed by atoms with Gasteiger partial charge in [0.15, 0.2) is 0 Å². The van der Waals surface area contributed by atoms with Crippen LogP contribution in [0, 0.1) is 0 Å². The third-order valence-corrected chi connectivity index (χ3v) is 3.72. The smallest absolute Gasteiger partial charge is 0.140 e. The lowest BCUT2D eigenvalue weighted by Crippen LogP contribution is -1.95. The lowest BCUT2D eigenvalue weighted by Gasteiger charge is -2.03. The summed E-state index contributed by atoms with van der Waals surface area (Å²) in [7, 11) is 0. The van der Waals surface area contributed by atoms with Crippen molar-refractivity contribution in [2.45, 2.75) is 6.61 Å². The Kier molecular flexibility index (Phi) is 3.65. The number of benzene rings is 2. The summed E-state index contributed by atoms with van der Waals surface area (Å²) in [6, 6.07) is 17.5. The van der Waals surface area contributed by atoms with Crippen LogP contribution in [0.15, 0.2) is 60.0 Å².